The predicted molar refractivity (Wildman–Crippen MR) is 54.8 cm³/mol. The molecule has 0 N–H and O–H groups in total. The zero-order valence-electron chi connectivity index (χ0n) is 8.71. The molecule has 3 heteroatoms. The van der Waals surface area contributed by atoms with E-state index in [1.807, 2.05) is 6.92 Å². The molecular weight excluding hydrogens is 166 g/mol. The number of methoxy groups -OCH3 is 1. The van der Waals surface area contributed by atoms with Gasteiger partial charge in [-0.15, -0.1) is 0 Å². The molecule has 1 radical (unpaired) electrons. The largest absolute Gasteiger partial charge is 0.454 e. The lowest BCUT2D eigenvalue weighted by molar-refractivity contribution is 0.206. The van der Waals surface area contributed by atoms with E-state index < -0.39 is 0 Å². The molecule has 0 spiro atoms. The van der Waals surface area contributed by atoms with E-state index in [1.54, 1.807) is 7.11 Å². The van der Waals surface area contributed by atoms with Crippen LogP contribution in [0.25, 0.3) is 0 Å². The van der Waals surface area contributed by atoms with Crippen molar-refractivity contribution >= 4 is 6.08 Å². The third-order valence-corrected chi connectivity index (χ3v) is 1.59. The number of ether oxygens (including phenoxy) is 2. The van der Waals surface area contributed by atoms with Gasteiger partial charge in [0.15, 0.2) is 0 Å². The lowest BCUT2D eigenvalue weighted by Gasteiger charge is -2.04. The molecule has 0 saturated carbocycles. The molecule has 0 rings (SSSR count). The van der Waals surface area contributed by atoms with Gasteiger partial charge >= 0.3 is 6.08 Å². The fourth-order valence-corrected chi connectivity index (χ4v) is 0.928. The lowest BCUT2D eigenvalue weighted by atomic mass is 10.2. The van der Waals surface area contributed by atoms with Gasteiger partial charge in [-0.3, -0.25) is 0 Å². The van der Waals surface area contributed by atoms with Gasteiger partial charge in [-0.2, -0.15) is 0 Å². The third kappa shape index (κ3) is 7.62. The zero-order chi connectivity index (χ0) is 9.94. The van der Waals surface area contributed by atoms with Crippen molar-refractivity contribution in [2.24, 2.45) is 4.99 Å². The average Bonchev–Trinajstić information content (AvgIpc) is 2.16. The molecule has 0 aromatic heterocycles. The van der Waals surface area contributed by atoms with E-state index in [1.165, 1.54) is 12.8 Å². The molecule has 0 fully saturated rings. The van der Waals surface area contributed by atoms with E-state index in [2.05, 4.69) is 11.9 Å². The standard InChI is InChI=1S/C10H20NO2/c1-4-6-7-8-9-11-10(12-3)13-5-2/h1,4-9H2,2-3H3. The van der Waals surface area contributed by atoms with Crippen LogP contribution in [0.3, 0.4) is 0 Å². The molecule has 0 bridgehead atoms. The number of rotatable bonds is 6. The third-order valence-electron chi connectivity index (χ3n) is 1.59. The highest BCUT2D eigenvalue weighted by Crippen LogP contribution is 1.98. The highest BCUT2D eigenvalue weighted by atomic mass is 16.7. The van der Waals surface area contributed by atoms with Crippen LogP contribution in [-0.4, -0.2) is 26.3 Å². The molecule has 0 amide bonds. The second-order valence-electron chi connectivity index (χ2n) is 2.70. The molecule has 0 unspecified atom stereocenters. The summed E-state index contributed by atoms with van der Waals surface area (Å²) in [5.41, 5.74) is 0. The molecule has 13 heavy (non-hydrogen) atoms. The smallest absolute Gasteiger partial charge is 0.383 e. The summed E-state index contributed by atoms with van der Waals surface area (Å²) in [5, 5.41) is 0. The van der Waals surface area contributed by atoms with E-state index in [4.69, 9.17) is 9.47 Å². The molecule has 77 valence electrons. The van der Waals surface area contributed by atoms with Gasteiger partial charge in [0.1, 0.15) is 0 Å². The van der Waals surface area contributed by atoms with Gasteiger partial charge in [0.25, 0.3) is 0 Å². The molecule has 0 aromatic rings. The Morgan fingerprint density at radius 1 is 1.31 bits per heavy atom. The van der Waals surface area contributed by atoms with Gasteiger partial charge in [0, 0.05) is 6.54 Å². The number of hydrogen-bond donors (Lipinski definition) is 0. The van der Waals surface area contributed by atoms with Gasteiger partial charge in [-0.05, 0) is 13.3 Å². The van der Waals surface area contributed by atoms with Crippen LogP contribution in [0.1, 0.15) is 32.6 Å². The van der Waals surface area contributed by atoms with Gasteiger partial charge in [0.2, 0.25) is 0 Å². The predicted octanol–water partition coefficient (Wildman–Crippen LogP) is 2.42. The first-order valence-electron chi connectivity index (χ1n) is 4.85. The SMILES string of the molecule is [CH2]CCCCCN=C(OC)OCC. The highest BCUT2D eigenvalue weighted by molar-refractivity contribution is 5.66. The first kappa shape index (κ1) is 12.3. The van der Waals surface area contributed by atoms with Crippen molar-refractivity contribution in [3.05, 3.63) is 6.92 Å². The van der Waals surface area contributed by atoms with Gasteiger partial charge < -0.3 is 9.47 Å². The fraction of sp³-hybridized carbons (Fsp3) is 0.800. The Morgan fingerprint density at radius 3 is 2.62 bits per heavy atom. The van der Waals surface area contributed by atoms with E-state index >= 15 is 0 Å². The monoisotopic (exact) mass is 186 g/mol. The molecular formula is C10H20NO2. The zero-order valence-corrected chi connectivity index (χ0v) is 8.71. The fourth-order valence-electron chi connectivity index (χ4n) is 0.928. The van der Waals surface area contributed by atoms with Crippen molar-refractivity contribution in [2.75, 3.05) is 20.3 Å². The van der Waals surface area contributed by atoms with E-state index in [9.17, 15) is 0 Å². The second-order valence-corrected chi connectivity index (χ2v) is 2.70. The van der Waals surface area contributed by atoms with Crippen molar-refractivity contribution in [3.63, 3.8) is 0 Å². The molecule has 0 aromatic carbocycles. The quantitative estimate of drug-likeness (QED) is 0.362. The summed E-state index contributed by atoms with van der Waals surface area (Å²) in [5.74, 6) is 0. The molecule has 0 heterocycles. The number of aliphatic imine (C=N–C) groups is 1. The normalized spacial score (nSPS) is 11.5. The topological polar surface area (TPSA) is 30.8 Å². The maximum Gasteiger partial charge on any atom is 0.383 e. The number of hydrogen-bond acceptors (Lipinski definition) is 3. The summed E-state index contributed by atoms with van der Waals surface area (Å²) >= 11 is 0. The van der Waals surface area contributed by atoms with Crippen LogP contribution in [0.4, 0.5) is 0 Å². The Kier molecular flexibility index (Phi) is 8.83. The Labute approximate surface area is 81.1 Å². The first-order valence-corrected chi connectivity index (χ1v) is 4.85. The van der Waals surface area contributed by atoms with Crippen molar-refractivity contribution in [2.45, 2.75) is 32.6 Å². The Hall–Kier alpha value is -0.730. The first-order chi connectivity index (χ1) is 6.35. The Morgan fingerprint density at radius 2 is 2.08 bits per heavy atom. The number of nitrogens with zero attached hydrogens (tertiary/aromatic N) is 1. The van der Waals surface area contributed by atoms with Crippen molar-refractivity contribution < 1.29 is 9.47 Å². The van der Waals surface area contributed by atoms with Crippen molar-refractivity contribution in [1.29, 1.82) is 0 Å². The molecule has 3 nitrogen and oxygen atoms in total. The summed E-state index contributed by atoms with van der Waals surface area (Å²) in [6, 6.07) is 0. The molecule has 0 aliphatic carbocycles. The summed E-state index contributed by atoms with van der Waals surface area (Å²) in [4.78, 5) is 4.16. The second kappa shape index (κ2) is 9.36. The lowest BCUT2D eigenvalue weighted by Crippen LogP contribution is -2.07. The van der Waals surface area contributed by atoms with Gasteiger partial charge in [-0.25, -0.2) is 4.99 Å². The van der Waals surface area contributed by atoms with E-state index in [0.717, 1.165) is 19.4 Å². The van der Waals surface area contributed by atoms with Crippen LogP contribution >= 0.6 is 0 Å². The Bertz CT molecular complexity index is 135. The van der Waals surface area contributed by atoms with Gasteiger partial charge in [0.05, 0.1) is 13.7 Å². The van der Waals surface area contributed by atoms with Crippen LogP contribution in [0.5, 0.6) is 0 Å². The molecule has 0 saturated heterocycles. The van der Waals surface area contributed by atoms with Crippen molar-refractivity contribution in [1.82, 2.24) is 0 Å². The molecule has 0 atom stereocenters. The summed E-state index contributed by atoms with van der Waals surface area (Å²) < 4.78 is 10.0. The van der Waals surface area contributed by atoms with Crippen LogP contribution in [-0.2, 0) is 9.47 Å². The minimum Gasteiger partial charge on any atom is -0.454 e. The van der Waals surface area contributed by atoms with E-state index in [0.29, 0.717) is 12.7 Å². The van der Waals surface area contributed by atoms with Gasteiger partial charge in [-0.1, -0.05) is 26.2 Å². The minimum atomic E-state index is 0.400. The molecule has 0 aliphatic rings. The van der Waals surface area contributed by atoms with Crippen LogP contribution < -0.4 is 0 Å². The molecule has 0 aliphatic heterocycles. The van der Waals surface area contributed by atoms with Crippen molar-refractivity contribution in [3.8, 4) is 0 Å². The summed E-state index contributed by atoms with van der Waals surface area (Å²) in [7, 11) is 1.57. The highest BCUT2D eigenvalue weighted by Gasteiger charge is 1.95. The van der Waals surface area contributed by atoms with Crippen LogP contribution in [0.15, 0.2) is 4.99 Å². The average molecular weight is 186 g/mol. The summed E-state index contributed by atoms with van der Waals surface area (Å²) in [6.45, 7) is 7.08. The van der Waals surface area contributed by atoms with E-state index in [-0.39, 0.29) is 0 Å². The van der Waals surface area contributed by atoms with Crippen LogP contribution in [0.2, 0.25) is 0 Å². The maximum atomic E-state index is 5.11. The number of unbranched alkanes of at least 4 members (excludes halogenated alkanes) is 3. The van der Waals surface area contributed by atoms with Crippen LogP contribution in [0, 0.1) is 6.92 Å². The Balaban J connectivity index is 3.42. The minimum absolute atomic E-state index is 0.400. The maximum absolute atomic E-state index is 5.11. The summed E-state index contributed by atoms with van der Waals surface area (Å²) in [6.07, 6.45) is 4.83.